The number of nitrogens with one attached hydrogen (secondary N) is 1. The highest BCUT2D eigenvalue weighted by molar-refractivity contribution is 7.14. The van der Waals surface area contributed by atoms with Gasteiger partial charge < -0.3 is 4.90 Å². The Morgan fingerprint density at radius 3 is 2.53 bits per heavy atom. The molecule has 0 bridgehead atoms. The molecule has 0 unspecified atom stereocenters. The van der Waals surface area contributed by atoms with Gasteiger partial charge in [0.25, 0.3) is 5.91 Å². The highest BCUT2D eigenvalue weighted by atomic mass is 32.1. The summed E-state index contributed by atoms with van der Waals surface area (Å²) in [5.74, 6) is -1.10. The monoisotopic (exact) mass is 485 g/mol. The molecule has 34 heavy (non-hydrogen) atoms. The second-order valence-corrected chi connectivity index (χ2v) is 8.41. The van der Waals surface area contributed by atoms with Crippen LogP contribution in [0.3, 0.4) is 0 Å². The highest BCUT2D eigenvalue weighted by Gasteiger charge is 2.31. The molecule has 0 saturated carbocycles. The normalized spacial score (nSPS) is 13.2. The second-order valence-electron chi connectivity index (χ2n) is 7.56. The third kappa shape index (κ3) is 4.76. The van der Waals surface area contributed by atoms with E-state index in [9.17, 15) is 27.6 Å². The number of rotatable bonds is 5. The molecule has 0 radical (unpaired) electrons. The lowest BCUT2D eigenvalue weighted by molar-refractivity contribution is -0.137. The van der Waals surface area contributed by atoms with Crippen LogP contribution in [0.15, 0.2) is 60.5 Å². The van der Waals surface area contributed by atoms with Gasteiger partial charge in [-0.05, 0) is 35.8 Å². The summed E-state index contributed by atoms with van der Waals surface area (Å²) in [4.78, 5) is 43.1. The van der Waals surface area contributed by atoms with Gasteiger partial charge in [0, 0.05) is 29.6 Å². The smallest absolute Gasteiger partial charge is 0.333 e. The van der Waals surface area contributed by atoms with Crippen LogP contribution in [-0.2, 0) is 23.9 Å². The van der Waals surface area contributed by atoms with Crippen molar-refractivity contribution >= 4 is 34.1 Å². The second kappa shape index (κ2) is 9.22. The summed E-state index contributed by atoms with van der Waals surface area (Å²) in [7, 11) is 0. The van der Waals surface area contributed by atoms with Crippen molar-refractivity contribution in [3.05, 3.63) is 94.0 Å². The highest BCUT2D eigenvalue weighted by Crippen LogP contribution is 2.30. The summed E-state index contributed by atoms with van der Waals surface area (Å²) in [6, 6.07) is 9.28. The molecule has 10 heteroatoms. The number of halogens is 3. The maximum Gasteiger partial charge on any atom is 0.416 e. The number of aromatic nitrogens is 1. The van der Waals surface area contributed by atoms with Gasteiger partial charge in [0.2, 0.25) is 5.91 Å². The van der Waals surface area contributed by atoms with Gasteiger partial charge in [0.1, 0.15) is 5.69 Å². The number of ketones is 1. The van der Waals surface area contributed by atoms with Gasteiger partial charge in [0.05, 0.1) is 5.56 Å². The van der Waals surface area contributed by atoms with Crippen molar-refractivity contribution in [3.63, 3.8) is 0 Å². The van der Waals surface area contributed by atoms with E-state index in [1.807, 2.05) is 6.07 Å². The van der Waals surface area contributed by atoms with Crippen LogP contribution >= 0.6 is 11.3 Å². The maximum absolute atomic E-state index is 13.0. The molecular formula is C24H18F3N3O3S. The van der Waals surface area contributed by atoms with Crippen LogP contribution in [0.25, 0.3) is 0 Å². The zero-order chi connectivity index (χ0) is 24.5. The van der Waals surface area contributed by atoms with Crippen molar-refractivity contribution in [2.75, 3.05) is 11.9 Å². The van der Waals surface area contributed by atoms with Gasteiger partial charge in [-0.2, -0.15) is 13.2 Å². The number of amides is 2. The third-order valence-corrected chi connectivity index (χ3v) is 6.17. The van der Waals surface area contributed by atoms with Crippen LogP contribution in [-0.4, -0.2) is 34.0 Å². The zero-order valence-corrected chi connectivity index (χ0v) is 18.5. The Morgan fingerprint density at radius 1 is 1.12 bits per heavy atom. The van der Waals surface area contributed by atoms with Crippen molar-refractivity contribution in [2.45, 2.75) is 19.1 Å². The molecule has 174 valence electrons. The van der Waals surface area contributed by atoms with Crippen molar-refractivity contribution in [1.82, 2.24) is 9.88 Å². The van der Waals surface area contributed by atoms with E-state index in [4.69, 9.17) is 0 Å². The molecule has 1 aliphatic rings. The summed E-state index contributed by atoms with van der Waals surface area (Å²) in [6.45, 7) is 3.97. The van der Waals surface area contributed by atoms with Crippen LogP contribution in [0, 0.1) is 0 Å². The fourth-order valence-corrected chi connectivity index (χ4v) is 4.40. The van der Waals surface area contributed by atoms with E-state index < -0.39 is 17.6 Å². The zero-order valence-electron chi connectivity index (χ0n) is 17.7. The Balaban J connectivity index is 1.52. The van der Waals surface area contributed by atoms with Crippen LogP contribution < -0.4 is 5.32 Å². The lowest BCUT2D eigenvalue weighted by atomic mass is 9.90. The molecule has 4 rings (SSSR count). The van der Waals surface area contributed by atoms with Gasteiger partial charge in [-0.1, -0.05) is 36.9 Å². The molecule has 1 N–H and O–H groups in total. The lowest BCUT2D eigenvalue weighted by Gasteiger charge is -2.29. The molecular weight excluding hydrogens is 467 g/mol. The summed E-state index contributed by atoms with van der Waals surface area (Å²) in [5, 5.41) is 4.36. The predicted octanol–water partition coefficient (Wildman–Crippen LogP) is 4.72. The minimum atomic E-state index is -4.47. The molecule has 2 aromatic carbocycles. The Morgan fingerprint density at radius 2 is 1.85 bits per heavy atom. The molecule has 2 amide bonds. The first kappa shape index (κ1) is 23.4. The summed E-state index contributed by atoms with van der Waals surface area (Å²) in [6.07, 6.45) is -2.96. The Bertz CT molecular complexity index is 1280. The molecule has 0 fully saturated rings. The number of anilines is 1. The number of fused-ring (bicyclic) bond motifs is 1. The number of alkyl halides is 3. The number of carbonyl (C=O) groups excluding carboxylic acids is 3. The summed E-state index contributed by atoms with van der Waals surface area (Å²) in [5.41, 5.74) is 1.51. The largest absolute Gasteiger partial charge is 0.416 e. The van der Waals surface area contributed by atoms with Crippen molar-refractivity contribution < 1.29 is 27.6 Å². The first-order chi connectivity index (χ1) is 16.2. The molecule has 1 aliphatic heterocycles. The molecule has 0 spiro atoms. The van der Waals surface area contributed by atoms with E-state index in [1.54, 1.807) is 22.4 Å². The van der Waals surface area contributed by atoms with E-state index in [0.717, 1.165) is 40.7 Å². The SMILES string of the molecule is C=CC(=O)Nc1nc(C(=O)N2CCc3c(cccc3C(=O)c3ccc(C(F)(F)F)cc3)C2)cs1. The van der Waals surface area contributed by atoms with Crippen molar-refractivity contribution in [3.8, 4) is 0 Å². The summed E-state index contributed by atoms with van der Waals surface area (Å²) >= 11 is 1.12. The number of thiazole rings is 1. The molecule has 6 nitrogen and oxygen atoms in total. The molecule has 0 aliphatic carbocycles. The summed E-state index contributed by atoms with van der Waals surface area (Å²) < 4.78 is 38.5. The molecule has 2 heterocycles. The minimum Gasteiger partial charge on any atom is -0.333 e. The van der Waals surface area contributed by atoms with Gasteiger partial charge in [-0.3, -0.25) is 19.7 Å². The van der Waals surface area contributed by atoms with E-state index >= 15 is 0 Å². The average Bonchev–Trinajstić information content (AvgIpc) is 3.30. The van der Waals surface area contributed by atoms with Crippen LogP contribution in [0.5, 0.6) is 0 Å². The molecule has 0 saturated heterocycles. The predicted molar refractivity (Wildman–Crippen MR) is 121 cm³/mol. The molecule has 0 atom stereocenters. The Labute approximate surface area is 196 Å². The first-order valence-electron chi connectivity index (χ1n) is 10.2. The third-order valence-electron chi connectivity index (χ3n) is 5.41. The van der Waals surface area contributed by atoms with E-state index in [-0.39, 0.29) is 34.6 Å². The minimum absolute atomic E-state index is 0.163. The van der Waals surface area contributed by atoms with Gasteiger partial charge in [-0.15, -0.1) is 11.3 Å². The number of benzene rings is 2. The standard InChI is InChI=1S/C24H18F3N3O3S/c1-2-20(31)29-23-28-19(13-34-23)22(33)30-11-10-17-15(12-30)4-3-5-18(17)21(32)14-6-8-16(9-7-14)24(25,26)27/h2-9,13H,1,10-12H2,(H,28,29,31). The molecule has 3 aromatic rings. The molecule has 1 aromatic heterocycles. The van der Waals surface area contributed by atoms with Gasteiger partial charge in [-0.25, -0.2) is 4.98 Å². The first-order valence-corrected chi connectivity index (χ1v) is 11.1. The van der Waals surface area contributed by atoms with E-state index in [0.29, 0.717) is 18.5 Å². The topological polar surface area (TPSA) is 79.4 Å². The Kier molecular flexibility index (Phi) is 6.34. The number of hydrogen-bond acceptors (Lipinski definition) is 5. The maximum atomic E-state index is 13.0. The van der Waals surface area contributed by atoms with Crippen LogP contribution in [0.1, 0.15) is 43.1 Å². The fourth-order valence-electron chi connectivity index (χ4n) is 3.71. The number of carbonyl (C=O) groups is 3. The lowest BCUT2D eigenvalue weighted by Crippen LogP contribution is -2.36. The van der Waals surface area contributed by atoms with Crippen LogP contribution in [0.4, 0.5) is 18.3 Å². The average molecular weight is 485 g/mol. The van der Waals surface area contributed by atoms with Crippen molar-refractivity contribution in [1.29, 1.82) is 0 Å². The van der Waals surface area contributed by atoms with Crippen molar-refractivity contribution in [2.24, 2.45) is 0 Å². The van der Waals surface area contributed by atoms with E-state index in [1.165, 1.54) is 12.1 Å². The van der Waals surface area contributed by atoms with Gasteiger partial charge in [0.15, 0.2) is 10.9 Å². The van der Waals surface area contributed by atoms with Crippen LogP contribution in [0.2, 0.25) is 0 Å². The fraction of sp³-hybridized carbons (Fsp3) is 0.167. The van der Waals surface area contributed by atoms with E-state index in [2.05, 4.69) is 16.9 Å². The van der Waals surface area contributed by atoms with Gasteiger partial charge >= 0.3 is 6.18 Å². The Hall–Kier alpha value is -3.79. The number of nitrogens with zero attached hydrogens (tertiary/aromatic N) is 2. The number of hydrogen-bond donors (Lipinski definition) is 1. The quantitative estimate of drug-likeness (QED) is 0.419.